The van der Waals surface area contributed by atoms with Gasteiger partial charge in [-0.15, -0.1) is 5.10 Å². The molecule has 7 nitrogen and oxygen atoms in total. The van der Waals surface area contributed by atoms with Crippen molar-refractivity contribution in [2.75, 3.05) is 5.32 Å². The van der Waals surface area contributed by atoms with Crippen LogP contribution < -0.4 is 5.32 Å². The summed E-state index contributed by atoms with van der Waals surface area (Å²) in [6.45, 7) is 2.07. The van der Waals surface area contributed by atoms with Crippen molar-refractivity contribution in [2.24, 2.45) is 0 Å². The quantitative estimate of drug-likeness (QED) is 0.739. The number of hydrogen-bond donors (Lipinski definition) is 2. The first-order valence-corrected chi connectivity index (χ1v) is 5.92. The molecule has 1 atom stereocenters. The number of aromatic nitrogens is 6. The number of benzene rings is 1. The zero-order valence-electron chi connectivity index (χ0n) is 10.4. The van der Waals surface area contributed by atoms with Crippen LogP contribution in [0.25, 0.3) is 5.69 Å². The minimum atomic E-state index is 0.168. The third-order valence-electron chi connectivity index (χ3n) is 2.85. The smallest absolute Gasteiger partial charge is 0.143 e. The molecule has 0 bridgehead atoms. The first-order valence-electron chi connectivity index (χ1n) is 5.92. The summed E-state index contributed by atoms with van der Waals surface area (Å²) in [6.07, 6.45) is 3.31. The van der Waals surface area contributed by atoms with Gasteiger partial charge in [-0.2, -0.15) is 5.10 Å². The molecular formula is C12H13N7. The molecule has 1 unspecified atom stereocenters. The third-order valence-corrected chi connectivity index (χ3v) is 2.85. The molecule has 2 heterocycles. The highest BCUT2D eigenvalue weighted by molar-refractivity contribution is 5.49. The van der Waals surface area contributed by atoms with Crippen molar-refractivity contribution >= 4 is 5.69 Å². The van der Waals surface area contributed by atoms with E-state index in [2.05, 4.69) is 38.0 Å². The van der Waals surface area contributed by atoms with Crippen LogP contribution in [0.3, 0.4) is 0 Å². The van der Waals surface area contributed by atoms with Crippen molar-refractivity contribution in [3.63, 3.8) is 0 Å². The zero-order chi connectivity index (χ0) is 13.1. The molecule has 0 saturated carbocycles. The Morgan fingerprint density at radius 2 is 2.05 bits per heavy atom. The van der Waals surface area contributed by atoms with Crippen molar-refractivity contribution in [3.05, 3.63) is 48.5 Å². The van der Waals surface area contributed by atoms with Gasteiger partial charge in [0.1, 0.15) is 6.33 Å². The van der Waals surface area contributed by atoms with Gasteiger partial charge in [-0.25, -0.2) is 4.68 Å². The van der Waals surface area contributed by atoms with Gasteiger partial charge in [-0.3, -0.25) is 5.10 Å². The summed E-state index contributed by atoms with van der Waals surface area (Å²) in [6, 6.07) is 10.0. The topological polar surface area (TPSA) is 84.3 Å². The zero-order valence-corrected chi connectivity index (χ0v) is 10.4. The fourth-order valence-electron chi connectivity index (χ4n) is 1.83. The average molecular weight is 255 g/mol. The van der Waals surface area contributed by atoms with Crippen LogP contribution >= 0.6 is 0 Å². The summed E-state index contributed by atoms with van der Waals surface area (Å²) in [5, 5.41) is 21.3. The normalized spacial score (nSPS) is 12.3. The maximum atomic E-state index is 3.94. The van der Waals surface area contributed by atoms with Crippen molar-refractivity contribution in [2.45, 2.75) is 13.0 Å². The van der Waals surface area contributed by atoms with Crippen LogP contribution in [-0.4, -0.2) is 30.4 Å². The van der Waals surface area contributed by atoms with Crippen LogP contribution in [0.4, 0.5) is 5.69 Å². The molecular weight excluding hydrogens is 242 g/mol. The van der Waals surface area contributed by atoms with Gasteiger partial charge in [-0.05, 0) is 47.7 Å². The number of nitrogens with zero attached hydrogens (tertiary/aromatic N) is 5. The fraction of sp³-hybridized carbons (Fsp3) is 0.167. The van der Waals surface area contributed by atoms with E-state index in [-0.39, 0.29) is 6.04 Å². The van der Waals surface area contributed by atoms with E-state index in [1.807, 2.05) is 30.3 Å². The van der Waals surface area contributed by atoms with E-state index < -0.39 is 0 Å². The maximum Gasteiger partial charge on any atom is 0.143 e. The molecule has 0 spiro atoms. The van der Waals surface area contributed by atoms with Crippen LogP contribution in [0.1, 0.15) is 18.7 Å². The van der Waals surface area contributed by atoms with E-state index in [0.29, 0.717) is 0 Å². The van der Waals surface area contributed by atoms with Gasteiger partial charge < -0.3 is 5.32 Å². The molecule has 0 aliphatic heterocycles. The Labute approximate surface area is 109 Å². The van der Waals surface area contributed by atoms with E-state index >= 15 is 0 Å². The van der Waals surface area contributed by atoms with Gasteiger partial charge in [-0.1, -0.05) is 0 Å². The van der Waals surface area contributed by atoms with Crippen molar-refractivity contribution < 1.29 is 0 Å². The van der Waals surface area contributed by atoms with Crippen molar-refractivity contribution in [1.29, 1.82) is 0 Å². The first kappa shape index (κ1) is 11.4. The predicted octanol–water partition coefficient (Wildman–Crippen LogP) is 1.56. The lowest BCUT2D eigenvalue weighted by molar-refractivity contribution is 0.788. The highest BCUT2D eigenvalue weighted by Crippen LogP contribution is 2.18. The van der Waals surface area contributed by atoms with Crippen molar-refractivity contribution in [1.82, 2.24) is 30.4 Å². The number of nitrogens with one attached hydrogen (secondary N) is 2. The molecule has 0 fully saturated rings. The van der Waals surface area contributed by atoms with E-state index in [4.69, 9.17) is 0 Å². The highest BCUT2D eigenvalue weighted by atomic mass is 15.5. The first-order chi connectivity index (χ1) is 9.33. The summed E-state index contributed by atoms with van der Waals surface area (Å²) >= 11 is 0. The summed E-state index contributed by atoms with van der Waals surface area (Å²) in [5.41, 5.74) is 2.99. The Balaban J connectivity index is 1.73. The molecule has 0 amide bonds. The van der Waals surface area contributed by atoms with Gasteiger partial charge in [0.25, 0.3) is 0 Å². The maximum absolute atomic E-state index is 3.94. The van der Waals surface area contributed by atoms with E-state index in [1.54, 1.807) is 17.2 Å². The number of tetrazole rings is 1. The summed E-state index contributed by atoms with van der Waals surface area (Å²) in [4.78, 5) is 0. The summed E-state index contributed by atoms with van der Waals surface area (Å²) < 4.78 is 1.61. The molecule has 96 valence electrons. The third kappa shape index (κ3) is 2.44. The van der Waals surface area contributed by atoms with E-state index in [1.165, 1.54) is 0 Å². The van der Waals surface area contributed by atoms with Crippen LogP contribution in [0.2, 0.25) is 0 Å². The second kappa shape index (κ2) is 4.89. The Hall–Kier alpha value is -2.70. The Morgan fingerprint density at radius 3 is 2.68 bits per heavy atom. The molecule has 19 heavy (non-hydrogen) atoms. The standard InChI is InChI=1S/C12H13N7/c1-9(12-6-7-13-16-12)15-10-2-4-11(5-3-10)19-8-14-17-18-19/h2-9,15H,1H3,(H,13,16). The number of rotatable bonds is 4. The molecule has 3 rings (SSSR count). The molecule has 0 aliphatic carbocycles. The van der Waals surface area contributed by atoms with Crippen LogP contribution in [0.15, 0.2) is 42.9 Å². The minimum absolute atomic E-state index is 0.168. The van der Waals surface area contributed by atoms with Crippen LogP contribution in [0, 0.1) is 0 Å². The highest BCUT2D eigenvalue weighted by Gasteiger charge is 2.06. The molecule has 3 aromatic rings. The second-order valence-corrected chi connectivity index (χ2v) is 4.18. The Bertz CT molecular complexity index is 613. The number of aromatic amines is 1. The van der Waals surface area contributed by atoms with Gasteiger partial charge >= 0.3 is 0 Å². The molecule has 1 aromatic carbocycles. The largest absolute Gasteiger partial charge is 0.377 e. The molecule has 0 saturated heterocycles. The SMILES string of the molecule is CC(Nc1ccc(-n2cnnn2)cc1)c1ccn[nH]1. The van der Waals surface area contributed by atoms with Crippen molar-refractivity contribution in [3.8, 4) is 5.69 Å². The molecule has 2 aromatic heterocycles. The second-order valence-electron chi connectivity index (χ2n) is 4.18. The molecule has 2 N–H and O–H groups in total. The Morgan fingerprint density at radius 1 is 1.21 bits per heavy atom. The number of hydrogen-bond acceptors (Lipinski definition) is 5. The van der Waals surface area contributed by atoms with E-state index in [9.17, 15) is 0 Å². The lowest BCUT2D eigenvalue weighted by Crippen LogP contribution is -2.07. The molecule has 7 heteroatoms. The lowest BCUT2D eigenvalue weighted by Gasteiger charge is -2.13. The van der Waals surface area contributed by atoms with Gasteiger partial charge in [0.2, 0.25) is 0 Å². The fourth-order valence-corrected chi connectivity index (χ4v) is 1.83. The predicted molar refractivity (Wildman–Crippen MR) is 69.8 cm³/mol. The van der Waals surface area contributed by atoms with Gasteiger partial charge in [0.15, 0.2) is 0 Å². The average Bonchev–Trinajstić information content (AvgIpc) is 3.13. The monoisotopic (exact) mass is 255 g/mol. The van der Waals surface area contributed by atoms with E-state index in [0.717, 1.165) is 17.1 Å². The number of anilines is 1. The van der Waals surface area contributed by atoms with Gasteiger partial charge in [0, 0.05) is 11.9 Å². The summed E-state index contributed by atoms with van der Waals surface area (Å²) in [5.74, 6) is 0. The summed E-state index contributed by atoms with van der Waals surface area (Å²) in [7, 11) is 0. The molecule has 0 radical (unpaired) electrons. The van der Waals surface area contributed by atoms with Crippen LogP contribution in [-0.2, 0) is 0 Å². The Kier molecular flexibility index (Phi) is 2.93. The lowest BCUT2D eigenvalue weighted by atomic mass is 10.2. The van der Waals surface area contributed by atoms with Crippen LogP contribution in [0.5, 0.6) is 0 Å². The minimum Gasteiger partial charge on any atom is -0.377 e. The van der Waals surface area contributed by atoms with Gasteiger partial charge in [0.05, 0.1) is 17.4 Å². The molecule has 0 aliphatic rings. The number of H-pyrrole nitrogens is 1.